The summed E-state index contributed by atoms with van der Waals surface area (Å²) >= 11 is 0. The molecular formula is C13H8NO. The summed E-state index contributed by atoms with van der Waals surface area (Å²) < 4.78 is 5.29. The van der Waals surface area contributed by atoms with E-state index in [1.165, 1.54) is 0 Å². The van der Waals surface area contributed by atoms with E-state index in [0.717, 1.165) is 22.4 Å². The Morgan fingerprint density at radius 1 is 1.07 bits per heavy atom. The fourth-order valence-electron chi connectivity index (χ4n) is 1.55. The van der Waals surface area contributed by atoms with Crippen molar-refractivity contribution in [3.63, 3.8) is 0 Å². The van der Waals surface area contributed by atoms with Gasteiger partial charge in [0, 0.05) is 5.39 Å². The van der Waals surface area contributed by atoms with Gasteiger partial charge in [-0.15, -0.1) is 0 Å². The summed E-state index contributed by atoms with van der Waals surface area (Å²) in [7, 11) is 0. The van der Waals surface area contributed by atoms with Crippen molar-refractivity contribution >= 4 is 10.9 Å². The Hall–Kier alpha value is -2.09. The van der Waals surface area contributed by atoms with Crippen LogP contribution in [0.3, 0.4) is 0 Å². The van der Waals surface area contributed by atoms with E-state index in [-0.39, 0.29) is 0 Å². The molecule has 2 heterocycles. The standard InChI is InChI=1S/C13H8NO/c1-2-5-11-10(4-1)7-8-12(14-11)13-6-3-9-15-13/h1-6,8-9H. The molecule has 2 heteroatoms. The number of pyridine rings is 1. The Balaban J connectivity index is 2.22. The van der Waals surface area contributed by atoms with Crippen LogP contribution in [0.25, 0.3) is 22.4 Å². The first-order valence-corrected chi connectivity index (χ1v) is 4.75. The van der Waals surface area contributed by atoms with Gasteiger partial charge in [-0.25, -0.2) is 4.98 Å². The number of nitrogens with zero attached hydrogens (tertiary/aromatic N) is 1. The van der Waals surface area contributed by atoms with Gasteiger partial charge in [-0.1, -0.05) is 18.2 Å². The van der Waals surface area contributed by atoms with Crippen LogP contribution in [0.15, 0.2) is 53.1 Å². The third kappa shape index (κ3) is 1.40. The highest BCUT2D eigenvalue weighted by Gasteiger charge is 2.02. The van der Waals surface area contributed by atoms with Crippen molar-refractivity contribution in [2.75, 3.05) is 0 Å². The summed E-state index contributed by atoms with van der Waals surface area (Å²) in [6, 6.07) is 16.7. The van der Waals surface area contributed by atoms with Crippen LogP contribution in [0, 0.1) is 6.07 Å². The van der Waals surface area contributed by atoms with E-state index in [1.54, 1.807) is 6.26 Å². The van der Waals surface area contributed by atoms with Crippen LogP contribution in [-0.4, -0.2) is 4.98 Å². The second kappa shape index (κ2) is 3.24. The molecule has 0 atom stereocenters. The maximum Gasteiger partial charge on any atom is 0.152 e. The summed E-state index contributed by atoms with van der Waals surface area (Å²) in [5.74, 6) is 0.775. The molecule has 0 fully saturated rings. The van der Waals surface area contributed by atoms with Crippen LogP contribution in [-0.2, 0) is 0 Å². The third-order valence-corrected chi connectivity index (χ3v) is 2.28. The molecule has 3 aromatic rings. The highest BCUT2D eigenvalue weighted by Crippen LogP contribution is 2.20. The smallest absolute Gasteiger partial charge is 0.152 e. The number of furan rings is 1. The van der Waals surface area contributed by atoms with Crippen LogP contribution < -0.4 is 0 Å². The van der Waals surface area contributed by atoms with Gasteiger partial charge in [0.05, 0.1) is 11.8 Å². The molecule has 1 radical (unpaired) electrons. The Kier molecular flexibility index (Phi) is 1.78. The number of fused-ring (bicyclic) bond motifs is 1. The van der Waals surface area contributed by atoms with E-state index in [9.17, 15) is 0 Å². The largest absolute Gasteiger partial charge is 0.463 e. The van der Waals surface area contributed by atoms with Crippen molar-refractivity contribution in [3.05, 3.63) is 54.8 Å². The van der Waals surface area contributed by atoms with Gasteiger partial charge >= 0.3 is 0 Å². The monoisotopic (exact) mass is 194 g/mol. The van der Waals surface area contributed by atoms with Crippen molar-refractivity contribution in [3.8, 4) is 11.5 Å². The van der Waals surface area contributed by atoms with Gasteiger partial charge in [-0.05, 0) is 30.3 Å². The molecule has 0 N–H and O–H groups in total. The second-order valence-corrected chi connectivity index (χ2v) is 3.28. The Labute approximate surface area is 87.2 Å². The van der Waals surface area contributed by atoms with E-state index in [2.05, 4.69) is 11.1 Å². The average molecular weight is 194 g/mol. The first-order chi connectivity index (χ1) is 7.43. The lowest BCUT2D eigenvalue weighted by Gasteiger charge is -1.98. The number of benzene rings is 1. The SMILES string of the molecule is [c]1cc(-c2ccco2)nc2ccccc12. The molecule has 0 aliphatic carbocycles. The highest BCUT2D eigenvalue weighted by atomic mass is 16.3. The van der Waals surface area contributed by atoms with Crippen LogP contribution in [0.4, 0.5) is 0 Å². The molecule has 0 saturated heterocycles. The van der Waals surface area contributed by atoms with E-state index >= 15 is 0 Å². The van der Waals surface area contributed by atoms with E-state index < -0.39 is 0 Å². The molecule has 0 spiro atoms. The second-order valence-electron chi connectivity index (χ2n) is 3.28. The minimum Gasteiger partial charge on any atom is -0.463 e. The molecule has 0 aliphatic heterocycles. The molecule has 71 valence electrons. The highest BCUT2D eigenvalue weighted by molar-refractivity contribution is 5.80. The number of para-hydroxylation sites is 1. The molecule has 0 amide bonds. The van der Waals surface area contributed by atoms with E-state index in [1.807, 2.05) is 42.5 Å². The number of rotatable bonds is 1. The van der Waals surface area contributed by atoms with Crippen LogP contribution in [0.1, 0.15) is 0 Å². The molecule has 0 saturated carbocycles. The average Bonchev–Trinajstić information content (AvgIpc) is 2.82. The lowest BCUT2D eigenvalue weighted by atomic mass is 10.2. The summed E-state index contributed by atoms with van der Waals surface area (Å²) in [5.41, 5.74) is 1.75. The normalized spacial score (nSPS) is 10.7. The lowest BCUT2D eigenvalue weighted by Crippen LogP contribution is -1.83. The van der Waals surface area contributed by atoms with Gasteiger partial charge in [0.2, 0.25) is 0 Å². The van der Waals surface area contributed by atoms with Crippen LogP contribution in [0.5, 0.6) is 0 Å². The number of aromatic nitrogens is 1. The van der Waals surface area contributed by atoms with Crippen LogP contribution >= 0.6 is 0 Å². The Morgan fingerprint density at radius 3 is 2.87 bits per heavy atom. The maximum atomic E-state index is 5.29. The molecule has 15 heavy (non-hydrogen) atoms. The van der Waals surface area contributed by atoms with Gasteiger partial charge in [0.15, 0.2) is 5.76 Å². The fourth-order valence-corrected chi connectivity index (χ4v) is 1.55. The minimum atomic E-state index is 0.775. The van der Waals surface area contributed by atoms with Crippen molar-refractivity contribution in [2.24, 2.45) is 0 Å². The predicted octanol–water partition coefficient (Wildman–Crippen LogP) is 3.29. The van der Waals surface area contributed by atoms with E-state index in [4.69, 9.17) is 4.42 Å². The summed E-state index contributed by atoms with van der Waals surface area (Å²) in [6.45, 7) is 0. The van der Waals surface area contributed by atoms with Gasteiger partial charge in [-0.3, -0.25) is 0 Å². The molecule has 3 rings (SSSR count). The van der Waals surface area contributed by atoms with Crippen LogP contribution in [0.2, 0.25) is 0 Å². The fraction of sp³-hybridized carbons (Fsp3) is 0. The molecule has 2 nitrogen and oxygen atoms in total. The third-order valence-electron chi connectivity index (χ3n) is 2.28. The molecule has 1 aromatic carbocycles. The molecule has 0 bridgehead atoms. The van der Waals surface area contributed by atoms with Crippen molar-refractivity contribution < 1.29 is 4.42 Å². The number of hydrogen-bond acceptors (Lipinski definition) is 2. The zero-order valence-corrected chi connectivity index (χ0v) is 7.97. The lowest BCUT2D eigenvalue weighted by molar-refractivity contribution is 0.580. The summed E-state index contributed by atoms with van der Waals surface area (Å²) in [6.07, 6.45) is 1.65. The van der Waals surface area contributed by atoms with Crippen molar-refractivity contribution in [2.45, 2.75) is 0 Å². The van der Waals surface area contributed by atoms with Gasteiger partial charge < -0.3 is 4.42 Å². The molecule has 2 aromatic heterocycles. The Morgan fingerprint density at radius 2 is 2.00 bits per heavy atom. The summed E-state index contributed by atoms with van der Waals surface area (Å²) in [5, 5.41) is 1.02. The van der Waals surface area contributed by atoms with Crippen molar-refractivity contribution in [1.82, 2.24) is 4.98 Å². The maximum absolute atomic E-state index is 5.29. The first kappa shape index (κ1) is 8.24. The molecule has 0 aliphatic rings. The first-order valence-electron chi connectivity index (χ1n) is 4.75. The number of hydrogen-bond donors (Lipinski definition) is 0. The zero-order chi connectivity index (χ0) is 10.1. The molecular weight excluding hydrogens is 186 g/mol. The Bertz CT molecular complexity index is 584. The van der Waals surface area contributed by atoms with Gasteiger partial charge in [0.1, 0.15) is 5.69 Å². The zero-order valence-electron chi connectivity index (χ0n) is 7.97. The van der Waals surface area contributed by atoms with Gasteiger partial charge in [-0.2, -0.15) is 0 Å². The van der Waals surface area contributed by atoms with Gasteiger partial charge in [0.25, 0.3) is 0 Å². The quantitative estimate of drug-likeness (QED) is 0.594. The summed E-state index contributed by atoms with van der Waals surface area (Å²) in [4.78, 5) is 4.49. The predicted molar refractivity (Wildman–Crippen MR) is 58.3 cm³/mol. The van der Waals surface area contributed by atoms with Crippen molar-refractivity contribution in [1.29, 1.82) is 0 Å². The minimum absolute atomic E-state index is 0.775. The molecule has 0 unspecified atom stereocenters. The topological polar surface area (TPSA) is 26.0 Å². The van der Waals surface area contributed by atoms with E-state index in [0.29, 0.717) is 0 Å².